The minimum absolute atomic E-state index is 0.0938. The van der Waals surface area contributed by atoms with Crippen molar-refractivity contribution < 1.29 is 48.3 Å². The third-order valence-electron chi connectivity index (χ3n) is 13.5. The molecule has 2 heterocycles. The molecular formula is C55H69N3O10-2. The average molecular weight is 932 g/mol. The molecule has 366 valence electrons. The largest absolute Gasteiger partial charge is 0.875 e. The molecule has 0 radical (unpaired) electrons. The van der Waals surface area contributed by atoms with Crippen LogP contribution in [0.3, 0.4) is 0 Å². The zero-order valence-electron chi connectivity index (χ0n) is 40.4. The van der Waals surface area contributed by atoms with E-state index in [4.69, 9.17) is 18.9 Å². The molecule has 13 heteroatoms. The highest BCUT2D eigenvalue weighted by Crippen LogP contribution is 2.53. The summed E-state index contributed by atoms with van der Waals surface area (Å²) in [6, 6.07) is 19.0. The van der Waals surface area contributed by atoms with Crippen LogP contribution in [0.15, 0.2) is 66.4 Å². The molecule has 2 atom stereocenters. The molecule has 0 saturated heterocycles. The monoisotopic (exact) mass is 931 g/mol. The predicted octanol–water partition coefficient (Wildman–Crippen LogP) is 9.33. The summed E-state index contributed by atoms with van der Waals surface area (Å²) in [6.07, 6.45) is 10.1. The smallest absolute Gasteiger partial charge is 0.305 e. The van der Waals surface area contributed by atoms with Crippen molar-refractivity contribution >= 4 is 68.1 Å². The Labute approximate surface area is 400 Å². The summed E-state index contributed by atoms with van der Waals surface area (Å²) in [7, 11) is 0. The summed E-state index contributed by atoms with van der Waals surface area (Å²) < 4.78 is 23.6. The van der Waals surface area contributed by atoms with E-state index in [0.717, 1.165) is 78.5 Å². The topological polar surface area (TPSA) is 187 Å². The normalized spacial score (nSPS) is 17.4. The van der Waals surface area contributed by atoms with Gasteiger partial charge in [0.25, 0.3) is 0 Å². The number of carbonyl (C=O) groups excluding carboxylic acids is 4. The molecule has 1 aliphatic carbocycles. The summed E-state index contributed by atoms with van der Waals surface area (Å²) in [4.78, 5) is 52.2. The van der Waals surface area contributed by atoms with Crippen molar-refractivity contribution in [2.45, 2.75) is 160 Å². The molecule has 2 aliphatic heterocycles. The van der Waals surface area contributed by atoms with Crippen molar-refractivity contribution in [1.82, 2.24) is 0 Å². The second-order valence-corrected chi connectivity index (χ2v) is 19.0. The standard InChI is InChI=1S/C55H70N3O10/c1-5-9-13-23-42(59)65-32-54(33-66-43(60)24-14-10-6-2)31-38-21-17-19-36-27-29-39(50(57-54)46(36)38)48-52(63)49(53(48)64)40-30-28-37-20-18-22-41-47(37)51(40)58-55(56-41,34-67-44(61)25-15-11-7-3)35-68-45(62)26-16-12-8-4/h17-22,27-30,49,52,56-58,64H,5-16,23-26,31-35H2,1-4H3/q-1/p-1. The Balaban J connectivity index is 1.24. The van der Waals surface area contributed by atoms with E-state index < -0.39 is 23.2 Å². The van der Waals surface area contributed by atoms with Crippen LogP contribution in [-0.2, 0) is 44.5 Å². The van der Waals surface area contributed by atoms with Crippen LogP contribution >= 0.6 is 0 Å². The van der Waals surface area contributed by atoms with Crippen molar-refractivity contribution in [3.05, 3.63) is 83.1 Å². The number of ether oxygens (including phenoxy) is 4. The molecule has 0 amide bonds. The lowest BCUT2D eigenvalue weighted by molar-refractivity contribution is -0.429. The number of hydrogen-bond donors (Lipinski definition) is 3. The summed E-state index contributed by atoms with van der Waals surface area (Å²) in [5, 5.41) is 43.8. The van der Waals surface area contributed by atoms with Gasteiger partial charge in [-0.1, -0.05) is 145 Å². The van der Waals surface area contributed by atoms with Gasteiger partial charge < -0.3 is 45.1 Å². The molecule has 2 unspecified atom stereocenters. The van der Waals surface area contributed by atoms with Crippen LogP contribution in [0.4, 0.5) is 17.1 Å². The van der Waals surface area contributed by atoms with E-state index in [0.29, 0.717) is 60.3 Å². The Hall–Kier alpha value is -5.82. The highest BCUT2D eigenvalue weighted by atomic mass is 16.6. The molecule has 0 aromatic heterocycles. The predicted molar refractivity (Wildman–Crippen MR) is 262 cm³/mol. The van der Waals surface area contributed by atoms with Gasteiger partial charge in [0.05, 0.1) is 5.69 Å². The maximum absolute atomic E-state index is 14.9. The van der Waals surface area contributed by atoms with Gasteiger partial charge in [0.2, 0.25) is 0 Å². The minimum Gasteiger partial charge on any atom is -0.875 e. The van der Waals surface area contributed by atoms with Crippen LogP contribution in [0.2, 0.25) is 0 Å². The Kier molecular flexibility index (Phi) is 16.9. The van der Waals surface area contributed by atoms with Crippen LogP contribution in [0, 0.1) is 0 Å². The number of carbonyl (C=O) groups is 4. The molecule has 68 heavy (non-hydrogen) atoms. The maximum Gasteiger partial charge on any atom is 0.305 e. The van der Waals surface area contributed by atoms with Gasteiger partial charge >= 0.3 is 23.9 Å². The zero-order chi connectivity index (χ0) is 48.3. The van der Waals surface area contributed by atoms with Crippen molar-refractivity contribution in [2.75, 3.05) is 42.4 Å². The summed E-state index contributed by atoms with van der Waals surface area (Å²) in [6.45, 7) is 7.68. The van der Waals surface area contributed by atoms with Crippen LogP contribution in [-0.4, -0.2) is 67.6 Å². The lowest BCUT2D eigenvalue weighted by atomic mass is 9.71. The Bertz CT molecular complexity index is 2430. The number of rotatable bonds is 26. The first-order valence-electron chi connectivity index (χ1n) is 25.1. The van der Waals surface area contributed by atoms with Gasteiger partial charge in [0.1, 0.15) is 32.0 Å². The lowest BCUT2D eigenvalue weighted by Crippen LogP contribution is -2.57. The van der Waals surface area contributed by atoms with Gasteiger partial charge in [-0.2, -0.15) is 0 Å². The van der Waals surface area contributed by atoms with E-state index in [2.05, 4.69) is 43.6 Å². The van der Waals surface area contributed by atoms with Gasteiger partial charge in [-0.05, 0) is 65.1 Å². The molecule has 13 nitrogen and oxygen atoms in total. The molecule has 4 aromatic carbocycles. The first-order chi connectivity index (χ1) is 33.0. The van der Waals surface area contributed by atoms with Crippen LogP contribution in [0.1, 0.15) is 153 Å². The second kappa shape index (κ2) is 23.0. The molecule has 3 aliphatic rings. The number of benzene rings is 4. The molecule has 0 bridgehead atoms. The summed E-state index contributed by atoms with van der Waals surface area (Å²) in [5.41, 5.74) is 1.30. The fourth-order valence-corrected chi connectivity index (χ4v) is 9.77. The number of esters is 4. The average Bonchev–Trinajstić information content (AvgIpc) is 3.33. The zero-order valence-corrected chi connectivity index (χ0v) is 40.4. The third kappa shape index (κ3) is 11.4. The van der Waals surface area contributed by atoms with Crippen molar-refractivity contribution in [3.63, 3.8) is 0 Å². The van der Waals surface area contributed by atoms with Crippen molar-refractivity contribution in [3.8, 4) is 0 Å². The number of hydrogen-bond acceptors (Lipinski definition) is 13. The van der Waals surface area contributed by atoms with E-state index in [-0.39, 0.29) is 87.3 Å². The van der Waals surface area contributed by atoms with Gasteiger partial charge in [-0.3, -0.25) is 19.2 Å². The first kappa shape index (κ1) is 50.1. The highest BCUT2D eigenvalue weighted by molar-refractivity contribution is 6.08. The second-order valence-electron chi connectivity index (χ2n) is 19.0. The van der Waals surface area contributed by atoms with Gasteiger partial charge in [-0.15, -0.1) is 5.76 Å². The van der Waals surface area contributed by atoms with E-state index >= 15 is 0 Å². The Morgan fingerprint density at radius 1 is 0.574 bits per heavy atom. The van der Waals surface area contributed by atoms with E-state index in [9.17, 15) is 29.4 Å². The molecule has 3 N–H and O–H groups in total. The maximum atomic E-state index is 14.9. The van der Waals surface area contributed by atoms with Crippen molar-refractivity contribution in [2.24, 2.45) is 0 Å². The molecular weight excluding hydrogens is 863 g/mol. The first-order valence-corrected chi connectivity index (χ1v) is 25.1. The fourth-order valence-electron chi connectivity index (χ4n) is 9.77. The van der Waals surface area contributed by atoms with Crippen LogP contribution in [0.25, 0.3) is 27.1 Å². The molecule has 4 aromatic rings. The van der Waals surface area contributed by atoms with Crippen LogP contribution in [0.5, 0.6) is 0 Å². The minimum atomic E-state index is -1.49. The van der Waals surface area contributed by atoms with E-state index in [1.165, 1.54) is 0 Å². The van der Waals surface area contributed by atoms with Crippen molar-refractivity contribution in [1.29, 1.82) is 0 Å². The molecule has 0 spiro atoms. The number of nitrogens with one attached hydrogen (secondary N) is 3. The Morgan fingerprint density at radius 2 is 1.07 bits per heavy atom. The quantitative estimate of drug-likeness (QED) is 0.0307. The molecule has 0 saturated carbocycles. The SMILES string of the molecule is CCCCCC(=O)OCC1(COC(=O)CCCCC)Cc2cccc3ccc(C4=C([O-])C(c5ccc6cccc7c6c5NC(COC(=O)CCCCC)(COC(=O)CCCCC)N7)C4[O-])c(c23)N1. The van der Waals surface area contributed by atoms with E-state index in [1.807, 2.05) is 48.5 Å². The summed E-state index contributed by atoms with van der Waals surface area (Å²) in [5.74, 6) is -2.88. The van der Waals surface area contributed by atoms with Crippen LogP contribution < -0.4 is 26.2 Å². The molecule has 0 fully saturated rings. The summed E-state index contributed by atoms with van der Waals surface area (Å²) >= 11 is 0. The number of anilines is 3. The van der Waals surface area contributed by atoms with E-state index in [1.54, 1.807) is 12.1 Å². The number of unbranched alkanes of at least 4 members (excludes halogenated alkanes) is 8. The fraction of sp³-hybridized carbons (Fsp3) is 0.527. The van der Waals surface area contributed by atoms with Gasteiger partial charge in [-0.25, -0.2) is 0 Å². The Morgan fingerprint density at radius 3 is 1.60 bits per heavy atom. The highest BCUT2D eigenvalue weighted by Gasteiger charge is 2.43. The third-order valence-corrected chi connectivity index (χ3v) is 13.5. The molecule has 7 rings (SSSR count). The van der Waals surface area contributed by atoms with Gasteiger partial charge in [0.15, 0.2) is 5.66 Å². The van der Waals surface area contributed by atoms with Gasteiger partial charge in [0, 0.05) is 54.3 Å². The lowest BCUT2D eigenvalue weighted by Gasteiger charge is -2.53.